The molecule has 1 aromatic heterocycles. The minimum absolute atomic E-state index is 0.122. The number of ether oxygens (including phenoxy) is 1. The number of nitrogens with zero attached hydrogens (tertiary/aromatic N) is 2. The molecule has 2 atom stereocenters. The van der Waals surface area contributed by atoms with Gasteiger partial charge in [0, 0.05) is 11.6 Å². The van der Waals surface area contributed by atoms with E-state index in [-0.39, 0.29) is 24.4 Å². The van der Waals surface area contributed by atoms with E-state index in [1.54, 1.807) is 24.3 Å². The quantitative estimate of drug-likeness (QED) is 0.774. The van der Waals surface area contributed by atoms with Crippen molar-refractivity contribution in [3.63, 3.8) is 0 Å². The van der Waals surface area contributed by atoms with Gasteiger partial charge >= 0.3 is 11.7 Å². The molecule has 3 rings (SSSR count). The summed E-state index contributed by atoms with van der Waals surface area (Å²) < 4.78 is 10.9. The fourth-order valence-corrected chi connectivity index (χ4v) is 3.20. The molecule has 1 saturated carbocycles. The lowest BCUT2D eigenvalue weighted by Gasteiger charge is -2.29. The Bertz CT molecular complexity index is 843. The van der Waals surface area contributed by atoms with Crippen molar-refractivity contribution >= 4 is 11.9 Å². The van der Waals surface area contributed by atoms with Crippen LogP contribution in [-0.2, 0) is 20.9 Å². The van der Waals surface area contributed by atoms with Gasteiger partial charge in [-0.3, -0.25) is 9.59 Å². The van der Waals surface area contributed by atoms with E-state index in [0.717, 1.165) is 23.9 Å². The Hall–Kier alpha value is -2.90. The Balaban J connectivity index is 1.50. The second-order valence-corrected chi connectivity index (χ2v) is 6.79. The number of esters is 1. The summed E-state index contributed by atoms with van der Waals surface area (Å²) in [4.78, 5) is 35.7. The normalized spacial score (nSPS) is 19.4. The molecule has 1 aliphatic rings. The molecule has 0 spiro atoms. The first-order valence-electron chi connectivity index (χ1n) is 9.11. The summed E-state index contributed by atoms with van der Waals surface area (Å²) in [6.07, 6.45) is 4.30. The molecule has 0 aliphatic heterocycles. The number of nitrogens with one attached hydrogen (secondary N) is 1. The number of hydrogen-bond acceptors (Lipinski definition) is 6. The molecule has 8 nitrogen and oxygen atoms in total. The zero-order valence-corrected chi connectivity index (χ0v) is 15.2. The first kappa shape index (κ1) is 18.9. The van der Waals surface area contributed by atoms with Gasteiger partial charge in [0.1, 0.15) is 6.54 Å². The molecule has 1 aromatic carbocycles. The highest BCUT2D eigenvalue weighted by Gasteiger charge is 2.23. The van der Waals surface area contributed by atoms with Crippen molar-refractivity contribution in [1.29, 1.82) is 0 Å². The fourth-order valence-electron chi connectivity index (χ4n) is 3.20. The highest BCUT2D eigenvalue weighted by Crippen LogP contribution is 2.23. The predicted octanol–water partition coefficient (Wildman–Crippen LogP) is 1.74. The maximum Gasteiger partial charge on any atom is 0.437 e. The molecular formula is C19H23N3O5. The van der Waals surface area contributed by atoms with Gasteiger partial charge in [0.2, 0.25) is 5.89 Å². The molecule has 0 bridgehead atoms. The average Bonchev–Trinajstić information content (AvgIpc) is 3.03. The van der Waals surface area contributed by atoms with Gasteiger partial charge < -0.3 is 14.5 Å². The van der Waals surface area contributed by atoms with Crippen LogP contribution in [-0.4, -0.2) is 34.3 Å². The van der Waals surface area contributed by atoms with Crippen LogP contribution in [0.2, 0.25) is 0 Å². The molecule has 1 aliphatic carbocycles. The van der Waals surface area contributed by atoms with E-state index in [9.17, 15) is 14.4 Å². The van der Waals surface area contributed by atoms with Gasteiger partial charge in [0.05, 0.1) is 0 Å². The Labute approximate surface area is 156 Å². The molecule has 0 saturated heterocycles. The Morgan fingerprint density at radius 3 is 2.74 bits per heavy atom. The van der Waals surface area contributed by atoms with E-state index in [1.165, 1.54) is 6.42 Å². The van der Waals surface area contributed by atoms with Crippen LogP contribution in [0.5, 0.6) is 0 Å². The number of amides is 1. The van der Waals surface area contributed by atoms with Crippen LogP contribution < -0.4 is 11.1 Å². The van der Waals surface area contributed by atoms with Crippen LogP contribution in [0.15, 0.2) is 39.5 Å². The highest BCUT2D eigenvalue weighted by molar-refractivity contribution is 5.80. The molecule has 1 N–H and O–H groups in total. The molecule has 0 radical (unpaired) electrons. The van der Waals surface area contributed by atoms with Gasteiger partial charge in [-0.2, -0.15) is 4.68 Å². The fraction of sp³-hybridized carbons (Fsp3) is 0.474. The number of carbonyl (C=O) groups excluding carboxylic acids is 2. The molecule has 144 valence electrons. The summed E-state index contributed by atoms with van der Waals surface area (Å²) in [5.74, 6) is -1.27. The second-order valence-electron chi connectivity index (χ2n) is 6.79. The van der Waals surface area contributed by atoms with Crippen molar-refractivity contribution in [3.05, 3.63) is 40.9 Å². The van der Waals surface area contributed by atoms with Gasteiger partial charge in [0.25, 0.3) is 5.91 Å². The van der Waals surface area contributed by atoms with E-state index in [0.29, 0.717) is 11.5 Å². The van der Waals surface area contributed by atoms with Gasteiger partial charge in [-0.1, -0.05) is 38.0 Å². The molecule has 1 amide bonds. The lowest BCUT2D eigenvalue weighted by atomic mass is 9.86. The summed E-state index contributed by atoms with van der Waals surface area (Å²) in [6, 6.07) is 9.00. The van der Waals surface area contributed by atoms with E-state index in [2.05, 4.69) is 17.3 Å². The topological polar surface area (TPSA) is 103 Å². The van der Waals surface area contributed by atoms with Gasteiger partial charge in [-0.25, -0.2) is 4.79 Å². The molecular weight excluding hydrogens is 350 g/mol. The zero-order chi connectivity index (χ0) is 19.2. The number of carbonyl (C=O) groups is 2. The minimum atomic E-state index is -0.758. The first-order valence-corrected chi connectivity index (χ1v) is 9.11. The highest BCUT2D eigenvalue weighted by atomic mass is 16.5. The smallest absolute Gasteiger partial charge is 0.437 e. The standard InChI is InChI=1S/C19H23N3O5/c1-13-7-5-6-10-15(13)20-16(23)12-26-17(24)11-22-19(25)27-18(21-22)14-8-3-2-4-9-14/h2-4,8-9,13,15H,5-7,10-12H2,1H3,(H,20,23)/t13-,15-/m0/s1. The van der Waals surface area contributed by atoms with Gasteiger partial charge in [0.15, 0.2) is 6.61 Å². The minimum Gasteiger partial charge on any atom is -0.454 e. The average molecular weight is 373 g/mol. The third-order valence-electron chi connectivity index (χ3n) is 4.73. The van der Waals surface area contributed by atoms with Crippen molar-refractivity contribution in [2.45, 2.75) is 45.2 Å². The van der Waals surface area contributed by atoms with Crippen LogP contribution in [0.1, 0.15) is 32.6 Å². The van der Waals surface area contributed by atoms with Crippen molar-refractivity contribution < 1.29 is 18.7 Å². The van der Waals surface area contributed by atoms with Crippen LogP contribution in [0, 0.1) is 5.92 Å². The summed E-state index contributed by atoms with van der Waals surface area (Å²) in [6.45, 7) is 1.32. The summed E-state index contributed by atoms with van der Waals surface area (Å²) in [7, 11) is 0. The Morgan fingerprint density at radius 1 is 1.26 bits per heavy atom. The number of rotatable bonds is 6. The van der Waals surface area contributed by atoms with Crippen molar-refractivity contribution in [2.24, 2.45) is 5.92 Å². The van der Waals surface area contributed by atoms with E-state index >= 15 is 0 Å². The summed E-state index contributed by atoms with van der Waals surface area (Å²) in [5, 5.41) is 6.89. The maximum absolute atomic E-state index is 12.0. The third-order valence-corrected chi connectivity index (χ3v) is 4.73. The molecule has 1 heterocycles. The first-order chi connectivity index (χ1) is 13.0. The molecule has 8 heteroatoms. The lowest BCUT2D eigenvalue weighted by molar-refractivity contribution is -0.149. The lowest BCUT2D eigenvalue weighted by Crippen LogP contribution is -2.43. The maximum atomic E-state index is 12.0. The SMILES string of the molecule is C[C@H]1CCCC[C@@H]1NC(=O)COC(=O)Cn1nc(-c2ccccc2)oc1=O. The van der Waals surface area contributed by atoms with Crippen LogP contribution in [0.25, 0.3) is 11.5 Å². The second kappa shape index (κ2) is 8.66. The van der Waals surface area contributed by atoms with E-state index < -0.39 is 18.3 Å². The Morgan fingerprint density at radius 2 is 2.00 bits per heavy atom. The van der Waals surface area contributed by atoms with E-state index in [4.69, 9.17) is 9.15 Å². The monoisotopic (exact) mass is 373 g/mol. The van der Waals surface area contributed by atoms with Crippen LogP contribution in [0.3, 0.4) is 0 Å². The predicted molar refractivity (Wildman–Crippen MR) is 96.7 cm³/mol. The number of aromatic nitrogens is 2. The summed E-state index contributed by atoms with van der Waals surface area (Å²) in [5.41, 5.74) is 0.627. The number of hydrogen-bond donors (Lipinski definition) is 1. The number of benzene rings is 1. The molecule has 27 heavy (non-hydrogen) atoms. The van der Waals surface area contributed by atoms with Crippen molar-refractivity contribution in [3.8, 4) is 11.5 Å². The molecule has 2 aromatic rings. The van der Waals surface area contributed by atoms with Gasteiger partial charge in [-0.15, -0.1) is 5.10 Å². The van der Waals surface area contributed by atoms with Gasteiger partial charge in [-0.05, 0) is 30.9 Å². The molecule has 0 unspecified atom stereocenters. The van der Waals surface area contributed by atoms with Crippen molar-refractivity contribution in [1.82, 2.24) is 15.1 Å². The third kappa shape index (κ3) is 5.06. The van der Waals surface area contributed by atoms with Crippen LogP contribution in [0.4, 0.5) is 0 Å². The van der Waals surface area contributed by atoms with E-state index in [1.807, 2.05) is 6.07 Å². The zero-order valence-electron chi connectivity index (χ0n) is 15.2. The summed E-state index contributed by atoms with van der Waals surface area (Å²) >= 11 is 0. The Kier molecular flexibility index (Phi) is 6.05. The van der Waals surface area contributed by atoms with Crippen molar-refractivity contribution in [2.75, 3.05) is 6.61 Å². The largest absolute Gasteiger partial charge is 0.454 e. The molecule has 1 fully saturated rings. The van der Waals surface area contributed by atoms with Crippen LogP contribution >= 0.6 is 0 Å².